The molecule has 2 aliphatic rings. The zero-order valence-electron chi connectivity index (χ0n) is 25.2. The second-order valence-electron chi connectivity index (χ2n) is 12.2. The van der Waals surface area contributed by atoms with Gasteiger partial charge in [0.1, 0.15) is 0 Å². The van der Waals surface area contributed by atoms with E-state index in [0.717, 1.165) is 80.9 Å². The van der Waals surface area contributed by atoms with Crippen LogP contribution in [0.15, 0.2) is 72.9 Å². The molecule has 9 heteroatoms. The number of nitrogens with two attached hydrogens (primary N) is 1. The third kappa shape index (κ3) is 7.15. The molecule has 0 atom stereocenters. The summed E-state index contributed by atoms with van der Waals surface area (Å²) in [6.07, 6.45) is 4.46. The molecule has 4 aromatic rings. The number of piperazine rings is 1. The lowest BCUT2D eigenvalue weighted by Crippen LogP contribution is -2.59. The van der Waals surface area contributed by atoms with Crippen LogP contribution in [0.3, 0.4) is 0 Å². The summed E-state index contributed by atoms with van der Waals surface area (Å²) in [4.78, 5) is 17.7. The Morgan fingerprint density at radius 2 is 1.57 bits per heavy atom. The van der Waals surface area contributed by atoms with Gasteiger partial charge in [0.25, 0.3) is 0 Å². The van der Waals surface area contributed by atoms with E-state index in [1.807, 2.05) is 18.2 Å². The molecule has 3 heterocycles. The van der Waals surface area contributed by atoms with Gasteiger partial charge in [0.05, 0.1) is 5.54 Å². The first kappa shape index (κ1) is 31.1. The molecule has 44 heavy (non-hydrogen) atoms. The average molecular weight is 634 g/mol. The summed E-state index contributed by atoms with van der Waals surface area (Å²) >= 11 is 12.9. The van der Waals surface area contributed by atoms with Gasteiger partial charge in [-0.3, -0.25) is 14.6 Å². The summed E-state index contributed by atoms with van der Waals surface area (Å²) in [6.45, 7) is 8.66. The van der Waals surface area contributed by atoms with Gasteiger partial charge in [-0.1, -0.05) is 65.7 Å². The highest BCUT2D eigenvalue weighted by Crippen LogP contribution is 2.32. The minimum atomic E-state index is -0.752. The monoisotopic (exact) mass is 632 g/mol. The molecule has 4 N–H and O–H groups in total. The van der Waals surface area contributed by atoms with E-state index < -0.39 is 5.54 Å². The second kappa shape index (κ2) is 14.0. The molecule has 2 fully saturated rings. The van der Waals surface area contributed by atoms with Crippen LogP contribution in [0.5, 0.6) is 0 Å². The number of carbonyl (C=O) groups is 1. The van der Waals surface area contributed by atoms with E-state index in [9.17, 15) is 4.79 Å². The fourth-order valence-corrected chi connectivity index (χ4v) is 6.99. The molecule has 2 aliphatic heterocycles. The second-order valence-corrected chi connectivity index (χ2v) is 13.0. The smallest absolute Gasteiger partial charge is 0.240 e. The zero-order valence-corrected chi connectivity index (χ0v) is 26.7. The molecular formula is C35H42Cl2N6O. The van der Waals surface area contributed by atoms with Crippen LogP contribution in [0.1, 0.15) is 30.4 Å². The third-order valence-electron chi connectivity index (χ3n) is 9.15. The van der Waals surface area contributed by atoms with Crippen molar-refractivity contribution in [1.82, 2.24) is 25.0 Å². The van der Waals surface area contributed by atoms with Crippen molar-refractivity contribution in [3.63, 3.8) is 0 Å². The van der Waals surface area contributed by atoms with Gasteiger partial charge in [-0.05, 0) is 67.7 Å². The van der Waals surface area contributed by atoms with Gasteiger partial charge in [0.15, 0.2) is 0 Å². The first-order valence-corrected chi connectivity index (χ1v) is 16.5. The number of hydrogen-bond donors (Lipinski definition) is 3. The fraction of sp³-hybridized carbons (Fsp3) is 0.400. The number of nitrogens with zero attached hydrogens (tertiary/aromatic N) is 3. The number of piperidine rings is 1. The summed E-state index contributed by atoms with van der Waals surface area (Å²) in [5.41, 5.74) is 11.6. The largest absolute Gasteiger partial charge is 0.354 e. The van der Waals surface area contributed by atoms with Gasteiger partial charge in [0.2, 0.25) is 5.91 Å². The molecule has 1 amide bonds. The molecule has 2 saturated heterocycles. The Morgan fingerprint density at radius 3 is 2.27 bits per heavy atom. The van der Waals surface area contributed by atoms with Crippen LogP contribution in [-0.2, 0) is 24.4 Å². The number of benzene rings is 3. The molecule has 232 valence electrons. The predicted octanol–water partition coefficient (Wildman–Crippen LogP) is 5.52. The lowest BCUT2D eigenvalue weighted by atomic mass is 9.88. The summed E-state index contributed by atoms with van der Waals surface area (Å²) in [6, 6.07) is 23.2. The van der Waals surface area contributed by atoms with E-state index in [2.05, 4.69) is 79.7 Å². The molecule has 0 saturated carbocycles. The van der Waals surface area contributed by atoms with E-state index in [-0.39, 0.29) is 5.91 Å². The van der Waals surface area contributed by atoms with Gasteiger partial charge in [-0.15, -0.1) is 0 Å². The maximum atomic E-state index is 12.8. The lowest BCUT2D eigenvalue weighted by Gasteiger charge is -2.35. The molecule has 0 aliphatic carbocycles. The quantitative estimate of drug-likeness (QED) is 0.201. The topological polar surface area (TPSA) is 78.6 Å². The van der Waals surface area contributed by atoms with Gasteiger partial charge in [-0.25, -0.2) is 0 Å². The summed E-state index contributed by atoms with van der Waals surface area (Å²) in [7, 11) is 0. The number of fused-ring (bicyclic) bond motifs is 1. The molecule has 7 nitrogen and oxygen atoms in total. The predicted molar refractivity (Wildman–Crippen MR) is 181 cm³/mol. The minimum absolute atomic E-state index is 0.0283. The summed E-state index contributed by atoms with van der Waals surface area (Å²) in [5, 5.41) is 9.12. The number of amides is 1. The molecule has 0 unspecified atom stereocenters. The van der Waals surface area contributed by atoms with Crippen molar-refractivity contribution in [1.29, 1.82) is 0 Å². The Balaban J connectivity index is 1.11. The van der Waals surface area contributed by atoms with E-state index in [0.29, 0.717) is 19.4 Å². The zero-order chi connectivity index (χ0) is 30.5. The number of aryl methyl sites for hydroxylation is 1. The van der Waals surface area contributed by atoms with Crippen molar-refractivity contribution in [3.8, 4) is 11.1 Å². The molecule has 3 aromatic carbocycles. The van der Waals surface area contributed by atoms with Crippen LogP contribution < -0.4 is 16.4 Å². The van der Waals surface area contributed by atoms with Gasteiger partial charge >= 0.3 is 0 Å². The molecule has 1 aromatic heterocycles. The molecule has 0 radical (unpaired) electrons. The SMILES string of the molecule is NC1(C(=O)NCCCn2cc(-c3ccccc3)c3cc(CN4CCN(Cc5c(Cl)cccc5Cl)CC4)ccc32)CCNCC1. The van der Waals surface area contributed by atoms with Crippen LogP contribution in [0.4, 0.5) is 0 Å². The van der Waals surface area contributed by atoms with Crippen LogP contribution in [0.25, 0.3) is 22.0 Å². The van der Waals surface area contributed by atoms with Crippen molar-refractivity contribution in [2.24, 2.45) is 5.73 Å². The Labute approximate surface area is 270 Å². The van der Waals surface area contributed by atoms with Gasteiger partial charge in [-0.2, -0.15) is 0 Å². The maximum Gasteiger partial charge on any atom is 0.240 e. The highest BCUT2D eigenvalue weighted by Gasteiger charge is 2.34. The Hall–Kier alpha value is -2.91. The van der Waals surface area contributed by atoms with Crippen molar-refractivity contribution in [2.45, 2.75) is 44.4 Å². The number of halogens is 2. The number of aromatic nitrogens is 1. The highest BCUT2D eigenvalue weighted by molar-refractivity contribution is 6.35. The van der Waals surface area contributed by atoms with Crippen LogP contribution in [-0.4, -0.2) is 71.6 Å². The summed E-state index contributed by atoms with van der Waals surface area (Å²) in [5.74, 6) is -0.0283. The Morgan fingerprint density at radius 1 is 0.886 bits per heavy atom. The van der Waals surface area contributed by atoms with Crippen LogP contribution in [0.2, 0.25) is 10.0 Å². The average Bonchev–Trinajstić information content (AvgIpc) is 3.40. The standard InChI is InChI=1S/C35H42Cl2N6O/c36-31-8-4-9-32(37)30(31)24-42-20-18-41(19-21-42)23-26-10-11-33-28(22-26)29(27-6-2-1-3-7-27)25-43(33)17-5-14-40-34(44)35(38)12-15-39-16-13-35/h1-4,6-11,22,25,39H,5,12-21,23-24,38H2,(H,40,44). The van der Waals surface area contributed by atoms with Crippen molar-refractivity contribution >= 4 is 40.0 Å². The Bertz CT molecular complexity index is 1550. The first-order valence-electron chi connectivity index (χ1n) is 15.7. The van der Waals surface area contributed by atoms with Gasteiger partial charge in [0, 0.05) is 90.6 Å². The number of hydrogen-bond acceptors (Lipinski definition) is 5. The van der Waals surface area contributed by atoms with Crippen molar-refractivity contribution in [2.75, 3.05) is 45.8 Å². The first-order chi connectivity index (χ1) is 21.4. The van der Waals surface area contributed by atoms with Crippen molar-refractivity contribution < 1.29 is 4.79 Å². The highest BCUT2D eigenvalue weighted by atomic mass is 35.5. The van der Waals surface area contributed by atoms with E-state index in [1.54, 1.807) is 0 Å². The van der Waals surface area contributed by atoms with E-state index in [1.165, 1.54) is 27.6 Å². The van der Waals surface area contributed by atoms with Crippen molar-refractivity contribution in [3.05, 3.63) is 94.1 Å². The summed E-state index contributed by atoms with van der Waals surface area (Å²) < 4.78 is 2.33. The molecule has 0 bridgehead atoms. The minimum Gasteiger partial charge on any atom is -0.354 e. The Kier molecular flexibility index (Phi) is 9.91. The normalized spacial score (nSPS) is 17.6. The fourth-order valence-electron chi connectivity index (χ4n) is 6.47. The third-order valence-corrected chi connectivity index (χ3v) is 9.86. The van der Waals surface area contributed by atoms with Gasteiger partial charge < -0.3 is 20.9 Å². The molecule has 0 spiro atoms. The van der Waals surface area contributed by atoms with E-state index in [4.69, 9.17) is 28.9 Å². The number of carbonyl (C=O) groups excluding carboxylic acids is 1. The molecular weight excluding hydrogens is 591 g/mol. The lowest BCUT2D eigenvalue weighted by molar-refractivity contribution is -0.127. The van der Waals surface area contributed by atoms with Crippen LogP contribution >= 0.6 is 23.2 Å². The maximum absolute atomic E-state index is 12.8. The van der Waals surface area contributed by atoms with E-state index >= 15 is 0 Å². The molecule has 6 rings (SSSR count). The number of nitrogens with one attached hydrogen (secondary N) is 2. The number of rotatable bonds is 10. The van der Waals surface area contributed by atoms with Crippen LogP contribution in [0, 0.1) is 0 Å².